The maximum absolute atomic E-state index is 2.64. The molecule has 0 amide bonds. The first kappa shape index (κ1) is 96.8. The van der Waals surface area contributed by atoms with Crippen molar-refractivity contribution in [2.45, 2.75) is 222 Å². The Morgan fingerprint density at radius 3 is 0.528 bits per heavy atom. The molecule has 18 aromatic carbocycles. The van der Waals surface area contributed by atoms with Crippen molar-refractivity contribution >= 4 is 0 Å². The van der Waals surface area contributed by atoms with Crippen LogP contribution in [0.5, 0.6) is 0 Å². The summed E-state index contributed by atoms with van der Waals surface area (Å²) in [7, 11) is 0. The Morgan fingerprint density at radius 1 is 0.134 bits per heavy atom. The highest BCUT2D eigenvalue weighted by Crippen LogP contribution is 2.62. The molecule has 0 heteroatoms. The average Bonchev–Trinajstić information content (AvgIpc) is 1.52. The highest BCUT2D eigenvalue weighted by atomic mass is 14.5. The molecule has 0 fully saturated rings. The summed E-state index contributed by atoms with van der Waals surface area (Å²) in [5.41, 5.74) is 49.4. The Balaban J connectivity index is 0.993. The van der Waals surface area contributed by atoms with Crippen LogP contribution < -0.4 is 0 Å². The molecule has 18 aromatic rings. The molecule has 0 aromatic heterocycles. The van der Waals surface area contributed by atoms with E-state index in [9.17, 15) is 0 Å². The van der Waals surface area contributed by atoms with E-state index >= 15 is 0 Å². The molecule has 0 saturated heterocycles. The first-order chi connectivity index (χ1) is 67.2. The van der Waals surface area contributed by atoms with Crippen LogP contribution in [0.25, 0.3) is 167 Å². The van der Waals surface area contributed by atoms with Crippen molar-refractivity contribution in [3.05, 3.63) is 467 Å². The number of rotatable bonds is 16. The van der Waals surface area contributed by atoms with Gasteiger partial charge < -0.3 is 0 Å². The lowest BCUT2D eigenvalue weighted by molar-refractivity contribution is 0.590. The van der Waals surface area contributed by atoms with Crippen molar-refractivity contribution in [1.29, 1.82) is 0 Å². The Hall–Kier alpha value is -14.0. The Kier molecular flexibility index (Phi) is 25.1. The molecule has 0 saturated carbocycles. The molecule has 1 aliphatic rings. The van der Waals surface area contributed by atoms with Crippen LogP contribution in [-0.4, -0.2) is 0 Å². The van der Waals surface area contributed by atoms with Gasteiger partial charge in [0.15, 0.2) is 0 Å². The van der Waals surface area contributed by atoms with Crippen LogP contribution in [-0.2, 0) is 48.7 Å². The van der Waals surface area contributed by atoms with Gasteiger partial charge in [-0.2, -0.15) is 0 Å². The summed E-state index contributed by atoms with van der Waals surface area (Å²) < 4.78 is 0. The number of fused-ring (bicyclic) bond motifs is 3. The lowest BCUT2D eigenvalue weighted by Crippen LogP contribution is -2.29. The molecule has 0 heterocycles. The van der Waals surface area contributed by atoms with E-state index in [4.69, 9.17) is 0 Å². The van der Waals surface area contributed by atoms with E-state index in [1.165, 1.54) is 89.0 Å². The van der Waals surface area contributed by atoms with Crippen molar-refractivity contribution in [2.75, 3.05) is 0 Å². The predicted molar refractivity (Wildman–Crippen MR) is 614 cm³/mol. The first-order valence-corrected chi connectivity index (χ1v) is 51.4. The van der Waals surface area contributed by atoms with Gasteiger partial charge >= 0.3 is 0 Å². The predicted octanol–water partition coefficient (Wildman–Crippen LogP) is 40.1. The normalized spacial score (nSPS) is 13.0. The lowest BCUT2D eigenvalue weighted by atomic mass is 9.65. The van der Waals surface area contributed by atoms with E-state index in [-0.39, 0.29) is 43.3 Å². The third-order valence-corrected chi connectivity index (χ3v) is 30.1. The van der Waals surface area contributed by atoms with Gasteiger partial charge in [0.05, 0.1) is 5.41 Å². The van der Waals surface area contributed by atoms with E-state index in [0.717, 1.165) is 150 Å². The van der Waals surface area contributed by atoms with Gasteiger partial charge in [0.1, 0.15) is 0 Å². The molecule has 708 valence electrons. The van der Waals surface area contributed by atoms with E-state index in [2.05, 4.69) is 567 Å². The Labute approximate surface area is 849 Å². The molecule has 0 N–H and O–H groups in total. The van der Waals surface area contributed by atoms with Crippen molar-refractivity contribution in [1.82, 2.24) is 0 Å². The molecule has 0 aliphatic heterocycles. The maximum Gasteiger partial charge on any atom is 0.0714 e. The second-order valence-electron chi connectivity index (χ2n) is 48.8. The van der Waals surface area contributed by atoms with Crippen LogP contribution in [0.1, 0.15) is 238 Å². The van der Waals surface area contributed by atoms with E-state index < -0.39 is 5.41 Å². The zero-order valence-corrected chi connectivity index (χ0v) is 88.5. The van der Waals surface area contributed by atoms with Gasteiger partial charge in [-0.05, 0) is 405 Å². The second-order valence-corrected chi connectivity index (χ2v) is 48.8. The fourth-order valence-corrected chi connectivity index (χ4v) is 21.3. The third kappa shape index (κ3) is 19.7. The molecule has 19 rings (SSSR count). The SMILES string of the molecule is Cc1cccc2c1-c1c(-c3cccc(-c4ccccc4)c3)cccc1C2(c1cc(-c2cc(-c3ccc(C(C)(C)C)cc3)cc(-c3ccc(C(C)(C)C)cc3)c2)cc(-c2cc(-c3ccc(C(C)(C)C)cc3)cc(-c3ccc(C(C)(C)C)cc3)c2)c1)c1cc(-c2cc(-c3ccc(C(C)(C)C)cc3)cc(-c3ccc(C(C)(C)C)cc3)c2)cc(-c2cc(-c3ccc(C(C)(C)C)cc3)cc(-c3ccc(C(C)(C)C)cc3)c2)c1. The van der Waals surface area contributed by atoms with Crippen LogP contribution in [0.3, 0.4) is 0 Å². The largest absolute Gasteiger partial charge is 0.0714 e. The van der Waals surface area contributed by atoms with Gasteiger partial charge in [0.2, 0.25) is 0 Å². The number of hydrogen-bond acceptors (Lipinski definition) is 0. The second kappa shape index (κ2) is 36.8. The van der Waals surface area contributed by atoms with Gasteiger partial charge in [0.25, 0.3) is 0 Å². The van der Waals surface area contributed by atoms with Crippen LogP contribution in [0.2, 0.25) is 0 Å². The quantitative estimate of drug-likeness (QED) is 0.0904. The topological polar surface area (TPSA) is 0 Å². The summed E-state index contributed by atoms with van der Waals surface area (Å²) in [4.78, 5) is 0. The van der Waals surface area contributed by atoms with Gasteiger partial charge in [-0.15, -0.1) is 0 Å². The molecular weight excluding hydrogens is 1710 g/mol. The molecule has 0 nitrogen and oxygen atoms in total. The number of hydrogen-bond donors (Lipinski definition) is 0. The minimum absolute atomic E-state index is 0.0467. The molecule has 0 atom stereocenters. The summed E-state index contributed by atoms with van der Waals surface area (Å²) in [5, 5.41) is 0. The third-order valence-electron chi connectivity index (χ3n) is 30.1. The monoisotopic (exact) mass is 1850 g/mol. The van der Waals surface area contributed by atoms with Crippen LogP contribution in [0.4, 0.5) is 0 Å². The average molecular weight is 1850 g/mol. The van der Waals surface area contributed by atoms with Gasteiger partial charge in [0, 0.05) is 0 Å². The summed E-state index contributed by atoms with van der Waals surface area (Å²) in [6.07, 6.45) is 0. The van der Waals surface area contributed by atoms with Gasteiger partial charge in [-0.1, -0.05) is 445 Å². The summed E-state index contributed by atoms with van der Waals surface area (Å²) in [6, 6.07) is 156. The standard InChI is InChI=1S/C142H140/c1-91-32-29-38-130-132(91)133-129(102-36-30-35-101(72-102)92-33-27-26-28-34-92)37-31-39-131(133)142(130,127-87-115(111-77-103(93-40-56-119(57-41-93)134(2,3)4)73-104(78-111)94-42-58-120(59-43-94)135(5,6)7)85-116(88-127)112-79-105(95-44-60-121(61-45-95)136(8,9)10)74-106(80-112)96-46-62-122(63-47-96)137(11,12)13)128-89-117(113-81-107(97-48-64-123(65-49-97)138(14,15)16)75-108(82-113)98-50-66-124(67-51-98)139(17,18)19)86-118(90-128)114-83-109(99-52-68-125(69-53-99)140(20,21)22)76-110(84-114)100-54-70-126(71-55-100)141(23,24)25/h26-90H,1-25H3. The van der Waals surface area contributed by atoms with Gasteiger partial charge in [-0.25, -0.2) is 0 Å². The van der Waals surface area contributed by atoms with Crippen LogP contribution >= 0.6 is 0 Å². The zero-order valence-electron chi connectivity index (χ0n) is 88.5. The highest BCUT2D eigenvalue weighted by molar-refractivity contribution is 6.00. The smallest absolute Gasteiger partial charge is 0.0622 e. The van der Waals surface area contributed by atoms with Crippen molar-refractivity contribution in [3.8, 4) is 167 Å². The molecule has 0 unspecified atom stereocenters. The van der Waals surface area contributed by atoms with Crippen molar-refractivity contribution in [2.24, 2.45) is 0 Å². The van der Waals surface area contributed by atoms with Gasteiger partial charge in [-0.3, -0.25) is 0 Å². The maximum atomic E-state index is 2.64. The molecule has 0 spiro atoms. The molecule has 142 heavy (non-hydrogen) atoms. The number of benzene rings is 18. The molecule has 0 bridgehead atoms. The first-order valence-electron chi connectivity index (χ1n) is 51.4. The van der Waals surface area contributed by atoms with Crippen LogP contribution in [0.15, 0.2) is 394 Å². The van der Waals surface area contributed by atoms with E-state index in [1.807, 2.05) is 0 Å². The zero-order chi connectivity index (χ0) is 100. The molecule has 1 aliphatic carbocycles. The highest BCUT2D eigenvalue weighted by Gasteiger charge is 2.49. The fraction of sp³-hybridized carbons (Fsp3) is 0.239. The molecule has 0 radical (unpaired) electrons. The number of aryl methyl sites for hydroxylation is 1. The lowest BCUT2D eigenvalue weighted by Gasteiger charge is -2.36. The fourth-order valence-electron chi connectivity index (χ4n) is 21.3. The van der Waals surface area contributed by atoms with E-state index in [0.29, 0.717) is 0 Å². The summed E-state index contributed by atoms with van der Waals surface area (Å²) >= 11 is 0. The minimum atomic E-state index is -1.10. The van der Waals surface area contributed by atoms with Crippen molar-refractivity contribution in [3.63, 3.8) is 0 Å². The minimum Gasteiger partial charge on any atom is -0.0622 e. The Bertz CT molecular complexity index is 6700. The molecular formula is C142H140. The van der Waals surface area contributed by atoms with E-state index in [1.54, 1.807) is 0 Å². The summed E-state index contributed by atoms with van der Waals surface area (Å²) in [6.45, 7) is 58.0. The van der Waals surface area contributed by atoms with Crippen molar-refractivity contribution < 1.29 is 0 Å². The van der Waals surface area contributed by atoms with Crippen LogP contribution in [0, 0.1) is 6.92 Å². The Morgan fingerprint density at radius 2 is 0.303 bits per heavy atom. The summed E-state index contributed by atoms with van der Waals surface area (Å²) in [5.74, 6) is 0.